The van der Waals surface area contributed by atoms with Crippen LogP contribution in [-0.4, -0.2) is 15.8 Å². The van der Waals surface area contributed by atoms with Crippen molar-refractivity contribution in [3.63, 3.8) is 0 Å². The lowest BCUT2D eigenvalue weighted by Gasteiger charge is -2.01. The van der Waals surface area contributed by atoms with Crippen LogP contribution in [0.4, 0.5) is 4.79 Å². The van der Waals surface area contributed by atoms with Gasteiger partial charge in [0.25, 0.3) is 0 Å². The maximum Gasteiger partial charge on any atom is 0.340 e. The maximum atomic E-state index is 11.6. The van der Waals surface area contributed by atoms with Gasteiger partial charge >= 0.3 is 6.03 Å². The van der Waals surface area contributed by atoms with Crippen molar-refractivity contribution in [1.29, 1.82) is 0 Å². The van der Waals surface area contributed by atoms with Crippen LogP contribution >= 0.6 is 0 Å². The summed E-state index contributed by atoms with van der Waals surface area (Å²) in [7, 11) is 0. The number of carbonyl (C=O) groups excluding carboxylic acids is 1. The molecule has 1 amide bonds. The molecule has 0 aliphatic carbocycles. The lowest BCUT2D eigenvalue weighted by Crippen LogP contribution is -2.21. The van der Waals surface area contributed by atoms with Crippen molar-refractivity contribution in [2.75, 3.05) is 0 Å². The molecule has 104 valence electrons. The van der Waals surface area contributed by atoms with E-state index in [4.69, 9.17) is 5.73 Å². The summed E-state index contributed by atoms with van der Waals surface area (Å²) in [6.45, 7) is 0. The fraction of sp³-hybridized carbons (Fsp3) is 0.0588. The molecule has 0 saturated heterocycles. The Bertz CT molecular complexity index is 748. The van der Waals surface area contributed by atoms with Crippen LogP contribution in [0.1, 0.15) is 11.3 Å². The molecule has 4 nitrogen and oxygen atoms in total. The van der Waals surface area contributed by atoms with Gasteiger partial charge in [0.2, 0.25) is 0 Å². The monoisotopic (exact) mass is 277 g/mol. The second-order valence-corrected chi connectivity index (χ2v) is 4.80. The molecule has 1 heterocycles. The van der Waals surface area contributed by atoms with Crippen molar-refractivity contribution < 1.29 is 4.79 Å². The third-order valence-corrected chi connectivity index (χ3v) is 3.27. The summed E-state index contributed by atoms with van der Waals surface area (Å²) < 4.78 is 1.26. The molecule has 0 radical (unpaired) electrons. The minimum absolute atomic E-state index is 0.576. The predicted molar refractivity (Wildman–Crippen MR) is 81.9 cm³/mol. The molecule has 0 atom stereocenters. The molecule has 1 aromatic heterocycles. The van der Waals surface area contributed by atoms with Gasteiger partial charge < -0.3 is 5.73 Å². The standard InChI is InChI=1S/C17H15N3O/c18-17(21)20-16(14-9-5-2-6-10-14)12-15(19-20)11-13-7-3-1-4-8-13/h1-10,12H,11H2,(H2,18,21). The van der Waals surface area contributed by atoms with E-state index in [1.165, 1.54) is 4.68 Å². The smallest absolute Gasteiger partial charge is 0.340 e. The molecule has 2 aromatic carbocycles. The van der Waals surface area contributed by atoms with Crippen LogP contribution in [0.5, 0.6) is 0 Å². The zero-order chi connectivity index (χ0) is 14.7. The molecule has 3 aromatic rings. The second-order valence-electron chi connectivity index (χ2n) is 4.80. The first-order valence-electron chi connectivity index (χ1n) is 6.72. The van der Waals surface area contributed by atoms with Gasteiger partial charge in [0.1, 0.15) is 0 Å². The number of nitrogens with two attached hydrogens (primary N) is 1. The van der Waals surface area contributed by atoms with Crippen LogP contribution in [0.2, 0.25) is 0 Å². The van der Waals surface area contributed by atoms with Crippen LogP contribution in [-0.2, 0) is 6.42 Å². The number of amides is 1. The highest BCUT2D eigenvalue weighted by atomic mass is 16.2. The fourth-order valence-corrected chi connectivity index (χ4v) is 2.30. The summed E-state index contributed by atoms with van der Waals surface area (Å²) in [5.41, 5.74) is 9.02. The molecule has 21 heavy (non-hydrogen) atoms. The number of primary amides is 1. The minimum Gasteiger partial charge on any atom is -0.350 e. The molecule has 0 aliphatic heterocycles. The Morgan fingerprint density at radius 3 is 2.24 bits per heavy atom. The summed E-state index contributed by atoms with van der Waals surface area (Å²) in [4.78, 5) is 11.6. The Labute approximate surface area is 122 Å². The lowest BCUT2D eigenvalue weighted by molar-refractivity contribution is 0.248. The SMILES string of the molecule is NC(=O)n1nc(Cc2ccccc2)cc1-c1ccccc1. The van der Waals surface area contributed by atoms with E-state index in [9.17, 15) is 4.79 Å². The van der Waals surface area contributed by atoms with Crippen LogP contribution in [0.25, 0.3) is 11.3 Å². The maximum absolute atomic E-state index is 11.6. The minimum atomic E-state index is -0.576. The topological polar surface area (TPSA) is 60.9 Å². The molecule has 0 bridgehead atoms. The van der Waals surface area contributed by atoms with E-state index in [1.54, 1.807) is 0 Å². The van der Waals surface area contributed by atoms with Crippen LogP contribution in [0, 0.1) is 0 Å². The van der Waals surface area contributed by atoms with Crippen molar-refractivity contribution in [2.45, 2.75) is 6.42 Å². The van der Waals surface area contributed by atoms with E-state index in [1.807, 2.05) is 66.7 Å². The van der Waals surface area contributed by atoms with Crippen molar-refractivity contribution in [2.24, 2.45) is 5.73 Å². The molecule has 2 N–H and O–H groups in total. The molecule has 3 rings (SSSR count). The summed E-state index contributed by atoms with van der Waals surface area (Å²) in [5, 5.41) is 4.32. The molecule has 0 fully saturated rings. The average molecular weight is 277 g/mol. The number of rotatable bonds is 3. The largest absolute Gasteiger partial charge is 0.350 e. The van der Waals surface area contributed by atoms with Gasteiger partial charge in [-0.25, -0.2) is 4.79 Å². The Morgan fingerprint density at radius 2 is 1.62 bits per heavy atom. The highest BCUT2D eigenvalue weighted by molar-refractivity contribution is 5.80. The summed E-state index contributed by atoms with van der Waals surface area (Å²) >= 11 is 0. The predicted octanol–water partition coefficient (Wildman–Crippen LogP) is 3.07. The fourth-order valence-electron chi connectivity index (χ4n) is 2.30. The first-order chi connectivity index (χ1) is 10.2. The molecule has 4 heteroatoms. The van der Waals surface area contributed by atoms with Crippen LogP contribution < -0.4 is 5.73 Å². The van der Waals surface area contributed by atoms with Crippen LogP contribution in [0.3, 0.4) is 0 Å². The Morgan fingerprint density at radius 1 is 1.00 bits per heavy atom. The van der Waals surface area contributed by atoms with Gasteiger partial charge in [0.15, 0.2) is 0 Å². The molecule has 0 unspecified atom stereocenters. The van der Waals surface area contributed by atoms with E-state index in [0.717, 1.165) is 16.8 Å². The molecule has 0 spiro atoms. The van der Waals surface area contributed by atoms with Crippen molar-refractivity contribution >= 4 is 6.03 Å². The van der Waals surface area contributed by atoms with Crippen molar-refractivity contribution in [1.82, 2.24) is 9.78 Å². The molecule has 0 aliphatic rings. The average Bonchev–Trinajstić information content (AvgIpc) is 2.93. The van der Waals surface area contributed by atoms with Gasteiger partial charge in [-0.2, -0.15) is 9.78 Å². The van der Waals surface area contributed by atoms with E-state index in [-0.39, 0.29) is 0 Å². The number of carbonyl (C=O) groups is 1. The highest BCUT2D eigenvalue weighted by Gasteiger charge is 2.13. The summed E-state index contributed by atoms with van der Waals surface area (Å²) in [5.74, 6) is 0. The first kappa shape index (κ1) is 13.1. The number of aromatic nitrogens is 2. The van der Waals surface area contributed by atoms with Gasteiger partial charge in [-0.1, -0.05) is 60.7 Å². The highest BCUT2D eigenvalue weighted by Crippen LogP contribution is 2.21. The Hall–Kier alpha value is -2.88. The quantitative estimate of drug-likeness (QED) is 0.799. The molecular weight excluding hydrogens is 262 g/mol. The van der Waals surface area contributed by atoms with Gasteiger partial charge in [-0.05, 0) is 11.6 Å². The third-order valence-electron chi connectivity index (χ3n) is 3.27. The normalized spacial score (nSPS) is 10.5. The zero-order valence-electron chi connectivity index (χ0n) is 11.4. The molecule has 0 saturated carbocycles. The van der Waals surface area contributed by atoms with Gasteiger partial charge in [0, 0.05) is 12.0 Å². The Kier molecular flexibility index (Phi) is 3.51. The summed E-state index contributed by atoms with van der Waals surface area (Å²) in [6.07, 6.45) is 0.668. The zero-order valence-corrected chi connectivity index (χ0v) is 11.4. The lowest BCUT2D eigenvalue weighted by atomic mass is 10.1. The van der Waals surface area contributed by atoms with E-state index in [0.29, 0.717) is 12.1 Å². The molecular formula is C17H15N3O. The number of hydrogen-bond donors (Lipinski definition) is 1. The third kappa shape index (κ3) is 2.84. The van der Waals surface area contributed by atoms with Crippen molar-refractivity contribution in [3.05, 3.63) is 78.0 Å². The van der Waals surface area contributed by atoms with Crippen molar-refractivity contribution in [3.8, 4) is 11.3 Å². The van der Waals surface area contributed by atoms with Gasteiger partial charge in [0.05, 0.1) is 11.4 Å². The number of nitrogens with zero attached hydrogens (tertiary/aromatic N) is 2. The van der Waals surface area contributed by atoms with E-state index >= 15 is 0 Å². The summed E-state index contributed by atoms with van der Waals surface area (Å²) in [6, 6.07) is 21.0. The van der Waals surface area contributed by atoms with Gasteiger partial charge in [-0.3, -0.25) is 0 Å². The van der Waals surface area contributed by atoms with E-state index < -0.39 is 6.03 Å². The first-order valence-corrected chi connectivity index (χ1v) is 6.72. The number of hydrogen-bond acceptors (Lipinski definition) is 2. The number of benzene rings is 2. The Balaban J connectivity index is 1.99. The van der Waals surface area contributed by atoms with E-state index in [2.05, 4.69) is 5.10 Å². The second kappa shape index (κ2) is 5.63. The van der Waals surface area contributed by atoms with Crippen LogP contribution in [0.15, 0.2) is 66.7 Å². The van der Waals surface area contributed by atoms with Gasteiger partial charge in [-0.15, -0.1) is 0 Å².